The first-order valence-corrected chi connectivity index (χ1v) is 2.66. The molecule has 0 aromatic carbocycles. The summed E-state index contributed by atoms with van der Waals surface area (Å²) in [4.78, 5) is 20.9. The second-order valence-electron chi connectivity index (χ2n) is 1.91. The van der Waals surface area contributed by atoms with Gasteiger partial charge >= 0.3 is 6.09 Å². The van der Waals surface area contributed by atoms with Crippen LogP contribution >= 0.6 is 0 Å². The quantitative estimate of drug-likeness (QED) is 0.487. The summed E-state index contributed by atoms with van der Waals surface area (Å²) in [6.45, 7) is 1.54. The normalized spacial score (nSPS) is 27.0. The van der Waals surface area contributed by atoms with Crippen molar-refractivity contribution in [2.24, 2.45) is 0 Å². The van der Waals surface area contributed by atoms with Crippen LogP contribution in [-0.4, -0.2) is 24.5 Å². The molecule has 1 fully saturated rings. The van der Waals surface area contributed by atoms with Crippen molar-refractivity contribution in [2.45, 2.75) is 13.0 Å². The summed E-state index contributed by atoms with van der Waals surface area (Å²) in [5.74, 6) is -0.0883. The number of ketones is 1. The molecule has 1 atom stereocenters. The minimum atomic E-state index is -0.512. The van der Waals surface area contributed by atoms with E-state index in [1.807, 2.05) is 0 Å². The van der Waals surface area contributed by atoms with E-state index in [0.717, 1.165) is 0 Å². The highest BCUT2D eigenvalue weighted by molar-refractivity contribution is 5.91. The Balaban J connectivity index is 2.54. The third-order valence-electron chi connectivity index (χ3n) is 1.16. The number of amides is 1. The van der Waals surface area contributed by atoms with Gasteiger partial charge in [0.1, 0.15) is 0 Å². The number of nitrogens with one attached hydrogen (secondary N) is 1. The van der Waals surface area contributed by atoms with Gasteiger partial charge in [0, 0.05) is 0 Å². The van der Waals surface area contributed by atoms with E-state index >= 15 is 0 Å². The van der Waals surface area contributed by atoms with Crippen LogP contribution in [-0.2, 0) is 9.53 Å². The van der Waals surface area contributed by atoms with E-state index in [1.54, 1.807) is 6.92 Å². The molecule has 0 aliphatic carbocycles. The third kappa shape index (κ3) is 1.19. The number of hydrogen-bond acceptors (Lipinski definition) is 3. The lowest BCUT2D eigenvalue weighted by atomic mass is 10.2. The zero-order valence-electron chi connectivity index (χ0n) is 5.01. The van der Waals surface area contributed by atoms with Gasteiger partial charge in [-0.2, -0.15) is 0 Å². The fourth-order valence-corrected chi connectivity index (χ4v) is 0.561. The van der Waals surface area contributed by atoms with Crippen LogP contribution in [0.2, 0.25) is 0 Å². The molecule has 0 radical (unpaired) electrons. The standard InChI is InChI=1S/C5H7NO3/c1-3-4(7)2-9-5(8)6-3/h3H,2H2,1H3,(H,6,8)/t3-/m1/s1. The van der Waals surface area contributed by atoms with Gasteiger partial charge in [-0.05, 0) is 6.92 Å². The van der Waals surface area contributed by atoms with Crippen molar-refractivity contribution in [1.29, 1.82) is 0 Å². The van der Waals surface area contributed by atoms with E-state index in [2.05, 4.69) is 10.1 Å². The number of carbonyl (C=O) groups is 2. The van der Waals surface area contributed by atoms with Gasteiger partial charge in [0.25, 0.3) is 0 Å². The summed E-state index contributed by atoms with van der Waals surface area (Å²) in [6, 6.07) is -0.383. The highest BCUT2D eigenvalue weighted by atomic mass is 16.6. The van der Waals surface area contributed by atoms with Crippen LogP contribution in [0, 0.1) is 0 Å². The zero-order valence-corrected chi connectivity index (χ0v) is 5.01. The maximum absolute atomic E-state index is 10.6. The molecule has 4 heteroatoms. The minimum Gasteiger partial charge on any atom is -0.441 e. The molecule has 1 aliphatic heterocycles. The van der Waals surface area contributed by atoms with Crippen LogP contribution in [0.1, 0.15) is 6.92 Å². The second kappa shape index (κ2) is 2.05. The van der Waals surface area contributed by atoms with Gasteiger partial charge in [0.15, 0.2) is 12.4 Å². The lowest BCUT2D eigenvalue weighted by Crippen LogP contribution is -2.46. The molecule has 1 amide bonds. The molecule has 50 valence electrons. The van der Waals surface area contributed by atoms with E-state index in [4.69, 9.17) is 0 Å². The minimum absolute atomic E-state index is 0.0883. The maximum Gasteiger partial charge on any atom is 0.408 e. The predicted octanol–water partition coefficient (Wildman–Crippen LogP) is -0.316. The SMILES string of the molecule is C[C@H]1NC(=O)OCC1=O. The predicted molar refractivity (Wildman–Crippen MR) is 29.0 cm³/mol. The molecule has 0 aromatic heterocycles. The van der Waals surface area contributed by atoms with Gasteiger partial charge < -0.3 is 10.1 Å². The Hall–Kier alpha value is -1.06. The first-order valence-electron chi connectivity index (χ1n) is 2.66. The molecule has 0 aromatic rings. The maximum atomic E-state index is 10.6. The molecule has 1 aliphatic rings. The Labute approximate surface area is 52.2 Å². The molecule has 0 unspecified atom stereocenters. The Bertz CT molecular complexity index is 154. The fraction of sp³-hybridized carbons (Fsp3) is 0.600. The lowest BCUT2D eigenvalue weighted by Gasteiger charge is -2.17. The average molecular weight is 129 g/mol. The number of ether oxygens (including phenoxy) is 1. The van der Waals surface area contributed by atoms with E-state index in [0.29, 0.717) is 0 Å². The Morgan fingerprint density at radius 2 is 2.33 bits per heavy atom. The number of alkyl carbamates (subject to hydrolysis) is 1. The average Bonchev–Trinajstić information content (AvgIpc) is 1.80. The van der Waals surface area contributed by atoms with Crippen LogP contribution in [0.4, 0.5) is 4.79 Å². The van der Waals surface area contributed by atoms with Crippen molar-refractivity contribution in [2.75, 3.05) is 6.61 Å². The van der Waals surface area contributed by atoms with Gasteiger partial charge in [0.2, 0.25) is 0 Å². The number of hydrogen-bond donors (Lipinski definition) is 1. The van der Waals surface area contributed by atoms with E-state index in [1.165, 1.54) is 0 Å². The molecule has 0 bridgehead atoms. The van der Waals surface area contributed by atoms with Crippen LogP contribution in [0.3, 0.4) is 0 Å². The lowest BCUT2D eigenvalue weighted by molar-refractivity contribution is -0.125. The molecule has 1 saturated heterocycles. The summed E-state index contributed by atoms with van der Waals surface area (Å²) in [6.07, 6.45) is -0.512. The van der Waals surface area contributed by atoms with Crippen LogP contribution in [0.15, 0.2) is 0 Å². The number of Topliss-reactive ketones (excluding diaryl/α,β-unsaturated/α-hetero) is 1. The summed E-state index contributed by atoms with van der Waals surface area (Å²) in [5, 5.41) is 2.32. The molecule has 4 nitrogen and oxygen atoms in total. The molecular weight excluding hydrogens is 122 g/mol. The Kier molecular flexibility index (Phi) is 1.38. The van der Waals surface area contributed by atoms with Gasteiger partial charge in [-0.1, -0.05) is 0 Å². The van der Waals surface area contributed by atoms with E-state index in [-0.39, 0.29) is 18.4 Å². The van der Waals surface area contributed by atoms with Crippen molar-refractivity contribution in [3.8, 4) is 0 Å². The Morgan fingerprint density at radius 3 is 2.78 bits per heavy atom. The molecule has 1 rings (SSSR count). The van der Waals surface area contributed by atoms with Crippen molar-refractivity contribution >= 4 is 11.9 Å². The topological polar surface area (TPSA) is 55.4 Å². The second-order valence-corrected chi connectivity index (χ2v) is 1.91. The van der Waals surface area contributed by atoms with Gasteiger partial charge in [0.05, 0.1) is 6.04 Å². The summed E-state index contributed by atoms with van der Waals surface area (Å²) in [7, 11) is 0. The van der Waals surface area contributed by atoms with E-state index in [9.17, 15) is 9.59 Å². The zero-order chi connectivity index (χ0) is 6.85. The van der Waals surface area contributed by atoms with E-state index < -0.39 is 6.09 Å². The van der Waals surface area contributed by atoms with Gasteiger partial charge in [-0.15, -0.1) is 0 Å². The fourth-order valence-electron chi connectivity index (χ4n) is 0.561. The smallest absolute Gasteiger partial charge is 0.408 e. The molecule has 0 spiro atoms. The molecule has 1 heterocycles. The highest BCUT2D eigenvalue weighted by Crippen LogP contribution is 1.94. The Morgan fingerprint density at radius 1 is 1.67 bits per heavy atom. The highest BCUT2D eigenvalue weighted by Gasteiger charge is 2.22. The third-order valence-corrected chi connectivity index (χ3v) is 1.16. The van der Waals surface area contributed by atoms with Crippen LogP contribution < -0.4 is 5.32 Å². The molecule has 1 N–H and O–H groups in total. The first-order chi connectivity index (χ1) is 4.20. The van der Waals surface area contributed by atoms with Crippen LogP contribution in [0.25, 0.3) is 0 Å². The number of rotatable bonds is 0. The molecule has 9 heavy (non-hydrogen) atoms. The summed E-state index contributed by atoms with van der Waals surface area (Å²) in [5.41, 5.74) is 0. The van der Waals surface area contributed by atoms with Crippen molar-refractivity contribution < 1.29 is 14.3 Å². The van der Waals surface area contributed by atoms with Crippen LogP contribution in [0.5, 0.6) is 0 Å². The van der Waals surface area contributed by atoms with Crippen molar-refractivity contribution in [1.82, 2.24) is 5.32 Å². The van der Waals surface area contributed by atoms with Gasteiger partial charge in [-0.3, -0.25) is 4.79 Å². The summed E-state index contributed by atoms with van der Waals surface area (Å²) >= 11 is 0. The number of cyclic esters (lactones) is 1. The van der Waals surface area contributed by atoms with Crippen molar-refractivity contribution in [3.05, 3.63) is 0 Å². The first kappa shape index (κ1) is 6.07. The van der Waals surface area contributed by atoms with Gasteiger partial charge in [-0.25, -0.2) is 4.79 Å². The number of carbonyl (C=O) groups excluding carboxylic acids is 2. The monoisotopic (exact) mass is 129 g/mol. The molecular formula is C5H7NO3. The summed E-state index contributed by atoms with van der Waals surface area (Å²) < 4.78 is 4.36. The molecule has 0 saturated carbocycles. The largest absolute Gasteiger partial charge is 0.441 e. The van der Waals surface area contributed by atoms with Crippen molar-refractivity contribution in [3.63, 3.8) is 0 Å².